The monoisotopic (exact) mass is 443 g/mol. The van der Waals surface area contributed by atoms with E-state index in [1.54, 1.807) is 9.58 Å². The van der Waals surface area contributed by atoms with Crippen molar-refractivity contribution in [3.8, 4) is 11.4 Å². The van der Waals surface area contributed by atoms with Crippen LogP contribution >= 0.6 is 0 Å². The Morgan fingerprint density at radius 2 is 1.77 bits per heavy atom. The molecule has 0 aliphatic carbocycles. The molecule has 11 nitrogen and oxygen atoms in total. The molecule has 2 heterocycles. The van der Waals surface area contributed by atoms with Crippen LogP contribution in [0, 0.1) is 0 Å². The fourth-order valence-electron chi connectivity index (χ4n) is 3.43. The maximum Gasteiger partial charge on any atom is 0.257 e. The second-order valence-electron chi connectivity index (χ2n) is 6.91. The van der Waals surface area contributed by atoms with Crippen LogP contribution in [0.2, 0.25) is 0 Å². The Labute approximate surface area is 179 Å². The van der Waals surface area contributed by atoms with Crippen LogP contribution in [0.1, 0.15) is 10.4 Å². The molecule has 3 aromatic rings. The molecule has 0 radical (unpaired) electrons. The van der Waals surface area contributed by atoms with Crippen molar-refractivity contribution in [2.75, 3.05) is 38.2 Å². The number of hydrogen-bond acceptors (Lipinski definition) is 8. The lowest BCUT2D eigenvalue weighted by Crippen LogP contribution is -2.49. The summed E-state index contributed by atoms with van der Waals surface area (Å²) in [6, 6.07) is 13.5. The molecule has 4 rings (SSSR count). The van der Waals surface area contributed by atoms with Crippen molar-refractivity contribution in [1.82, 2.24) is 25.1 Å². The molecule has 1 aliphatic rings. The Hall–Kier alpha value is -3.51. The predicted molar refractivity (Wildman–Crippen MR) is 112 cm³/mol. The third-order valence-electron chi connectivity index (χ3n) is 5.03. The smallest absolute Gasteiger partial charge is 0.257 e. The van der Waals surface area contributed by atoms with E-state index in [9.17, 15) is 13.2 Å². The number of benzene rings is 2. The highest BCUT2D eigenvalue weighted by Gasteiger charge is 2.28. The SMILES string of the molecule is COc1ccc(S(N)(=O)=O)cc1C(=O)N1CCN(c2nnnn2-c2ccccc2)CC1. The Kier molecular flexibility index (Phi) is 5.57. The molecule has 1 fully saturated rings. The van der Waals surface area contributed by atoms with Gasteiger partial charge in [-0.05, 0) is 40.8 Å². The lowest BCUT2D eigenvalue weighted by Gasteiger charge is -2.35. The lowest BCUT2D eigenvalue weighted by atomic mass is 10.1. The zero-order chi connectivity index (χ0) is 22.0. The van der Waals surface area contributed by atoms with Crippen molar-refractivity contribution in [2.24, 2.45) is 5.14 Å². The number of piperazine rings is 1. The second-order valence-corrected chi connectivity index (χ2v) is 8.47. The van der Waals surface area contributed by atoms with E-state index in [-0.39, 0.29) is 22.1 Å². The molecule has 0 saturated carbocycles. The minimum absolute atomic E-state index is 0.141. The van der Waals surface area contributed by atoms with Crippen LogP contribution < -0.4 is 14.8 Å². The molecule has 2 N–H and O–H groups in total. The molecular formula is C19H21N7O4S. The zero-order valence-electron chi connectivity index (χ0n) is 16.7. The third kappa shape index (κ3) is 4.20. The molecule has 1 saturated heterocycles. The summed E-state index contributed by atoms with van der Waals surface area (Å²) in [6.45, 7) is 1.83. The zero-order valence-corrected chi connectivity index (χ0v) is 17.6. The maximum atomic E-state index is 13.1. The van der Waals surface area contributed by atoms with Crippen LogP contribution in [-0.2, 0) is 10.0 Å². The van der Waals surface area contributed by atoms with Crippen molar-refractivity contribution in [3.63, 3.8) is 0 Å². The number of anilines is 1. The van der Waals surface area contributed by atoms with Gasteiger partial charge in [0, 0.05) is 26.2 Å². The standard InChI is InChI=1S/C19H21N7O4S/c1-30-17-8-7-15(31(20,28)29)13-16(17)18(27)24-9-11-25(12-10-24)19-21-22-23-26(19)14-5-3-2-4-6-14/h2-8,13H,9-12H2,1H3,(H2,20,28,29). The molecule has 162 valence electrons. The van der Waals surface area contributed by atoms with E-state index in [1.165, 1.54) is 25.3 Å². The summed E-state index contributed by atoms with van der Waals surface area (Å²) in [5.74, 6) is 0.546. The number of carbonyl (C=O) groups excluding carboxylic acids is 1. The number of methoxy groups -OCH3 is 1. The van der Waals surface area contributed by atoms with Crippen molar-refractivity contribution in [1.29, 1.82) is 0 Å². The van der Waals surface area contributed by atoms with Crippen LogP contribution in [-0.4, -0.2) is 72.7 Å². The molecule has 0 spiro atoms. The number of para-hydroxylation sites is 1. The number of sulfonamides is 1. The first kappa shape index (κ1) is 20.8. The van der Waals surface area contributed by atoms with Crippen LogP contribution in [0.5, 0.6) is 5.75 Å². The highest BCUT2D eigenvalue weighted by Crippen LogP contribution is 2.25. The first-order valence-electron chi connectivity index (χ1n) is 9.47. The lowest BCUT2D eigenvalue weighted by molar-refractivity contribution is 0.0742. The van der Waals surface area contributed by atoms with Crippen LogP contribution in [0.3, 0.4) is 0 Å². The van der Waals surface area contributed by atoms with Gasteiger partial charge in [-0.2, -0.15) is 4.68 Å². The fourth-order valence-corrected chi connectivity index (χ4v) is 3.97. The predicted octanol–water partition coefficient (Wildman–Crippen LogP) is 0.281. The quantitative estimate of drug-likeness (QED) is 0.594. The Balaban J connectivity index is 1.52. The molecule has 1 amide bonds. The Morgan fingerprint density at radius 3 is 2.42 bits per heavy atom. The topological polar surface area (TPSA) is 137 Å². The van der Waals surface area contributed by atoms with E-state index in [0.29, 0.717) is 32.1 Å². The molecule has 12 heteroatoms. The number of tetrazole rings is 1. The number of carbonyl (C=O) groups is 1. The number of rotatable bonds is 5. The van der Waals surface area contributed by atoms with Crippen molar-refractivity contribution in [3.05, 3.63) is 54.1 Å². The van der Waals surface area contributed by atoms with Gasteiger partial charge in [-0.1, -0.05) is 23.3 Å². The fraction of sp³-hybridized carbons (Fsp3) is 0.263. The van der Waals surface area contributed by atoms with Gasteiger partial charge in [0.1, 0.15) is 5.75 Å². The van der Waals surface area contributed by atoms with Gasteiger partial charge in [0.2, 0.25) is 16.0 Å². The van der Waals surface area contributed by atoms with E-state index in [4.69, 9.17) is 9.88 Å². The number of amides is 1. The van der Waals surface area contributed by atoms with Crippen LogP contribution in [0.4, 0.5) is 5.95 Å². The molecule has 0 atom stereocenters. The third-order valence-corrected chi connectivity index (χ3v) is 5.94. The summed E-state index contributed by atoms with van der Waals surface area (Å²) in [5.41, 5.74) is 0.988. The van der Waals surface area contributed by atoms with Gasteiger partial charge < -0.3 is 14.5 Å². The molecule has 1 aliphatic heterocycles. The Bertz CT molecular complexity index is 1190. The first-order valence-corrected chi connectivity index (χ1v) is 11.0. The number of nitrogens with two attached hydrogens (primary N) is 1. The molecular weight excluding hydrogens is 422 g/mol. The van der Waals surface area contributed by atoms with Gasteiger partial charge in [-0.25, -0.2) is 13.6 Å². The van der Waals surface area contributed by atoms with Crippen LogP contribution in [0.25, 0.3) is 5.69 Å². The maximum absolute atomic E-state index is 13.1. The van der Waals surface area contributed by atoms with E-state index < -0.39 is 10.0 Å². The largest absolute Gasteiger partial charge is 0.496 e. The molecule has 31 heavy (non-hydrogen) atoms. The van der Waals surface area contributed by atoms with Crippen molar-refractivity contribution >= 4 is 21.9 Å². The highest BCUT2D eigenvalue weighted by atomic mass is 32.2. The summed E-state index contributed by atoms with van der Waals surface area (Å²) >= 11 is 0. The summed E-state index contributed by atoms with van der Waals surface area (Å²) in [6.07, 6.45) is 0. The number of primary sulfonamides is 1. The van der Waals surface area contributed by atoms with E-state index in [0.717, 1.165) is 5.69 Å². The molecule has 0 unspecified atom stereocenters. The number of aromatic nitrogens is 4. The number of hydrogen-bond donors (Lipinski definition) is 1. The van der Waals surface area contributed by atoms with Gasteiger partial charge >= 0.3 is 0 Å². The van der Waals surface area contributed by atoms with Crippen molar-refractivity contribution < 1.29 is 17.9 Å². The first-order chi connectivity index (χ1) is 14.9. The summed E-state index contributed by atoms with van der Waals surface area (Å²) in [4.78, 5) is 16.6. The highest BCUT2D eigenvalue weighted by molar-refractivity contribution is 7.89. The van der Waals surface area contributed by atoms with E-state index >= 15 is 0 Å². The van der Waals surface area contributed by atoms with Gasteiger partial charge in [-0.3, -0.25) is 4.79 Å². The molecule has 1 aromatic heterocycles. The van der Waals surface area contributed by atoms with Gasteiger partial charge in [-0.15, -0.1) is 0 Å². The molecule has 2 aromatic carbocycles. The number of nitrogens with zero attached hydrogens (tertiary/aromatic N) is 6. The van der Waals surface area contributed by atoms with Gasteiger partial charge in [0.25, 0.3) is 5.91 Å². The summed E-state index contributed by atoms with van der Waals surface area (Å²) in [5, 5.41) is 17.2. The minimum Gasteiger partial charge on any atom is -0.496 e. The van der Waals surface area contributed by atoms with Crippen molar-refractivity contribution in [2.45, 2.75) is 4.90 Å². The van der Waals surface area contributed by atoms with E-state index in [1.807, 2.05) is 35.2 Å². The second kappa shape index (κ2) is 8.32. The minimum atomic E-state index is -3.94. The Morgan fingerprint density at radius 1 is 1.06 bits per heavy atom. The number of ether oxygens (including phenoxy) is 1. The summed E-state index contributed by atoms with van der Waals surface area (Å²) in [7, 11) is -2.52. The molecule has 0 bridgehead atoms. The van der Waals surface area contributed by atoms with E-state index in [2.05, 4.69) is 15.5 Å². The van der Waals surface area contributed by atoms with Gasteiger partial charge in [0.15, 0.2) is 0 Å². The average Bonchev–Trinajstić information content (AvgIpc) is 3.28. The normalized spacial score (nSPS) is 14.5. The summed E-state index contributed by atoms with van der Waals surface area (Å²) < 4.78 is 30.3. The average molecular weight is 443 g/mol. The van der Waals surface area contributed by atoms with Crippen LogP contribution in [0.15, 0.2) is 53.4 Å². The van der Waals surface area contributed by atoms with Gasteiger partial charge in [0.05, 0.1) is 23.3 Å².